The average molecular weight is 275 g/mol. The minimum atomic E-state index is -4.27. The first kappa shape index (κ1) is 15.3. The number of nitrogens with one attached hydrogen (secondary N) is 1. The van der Waals surface area contributed by atoms with Crippen LogP contribution in [-0.4, -0.2) is 42.1 Å². The Morgan fingerprint density at radius 3 is 2.68 bits per heavy atom. The first-order chi connectivity index (χ1) is 8.83. The third-order valence-corrected chi connectivity index (χ3v) is 2.40. The number of hydrogen-bond acceptors (Lipinski definition) is 3. The molecule has 1 rings (SSSR count). The van der Waals surface area contributed by atoms with Crippen molar-refractivity contribution in [3.63, 3.8) is 0 Å². The summed E-state index contributed by atoms with van der Waals surface area (Å²) in [7, 11) is 1.33. The monoisotopic (exact) mass is 275 g/mol. The van der Waals surface area contributed by atoms with Crippen LogP contribution in [0.2, 0.25) is 0 Å². The Bertz CT molecular complexity index is 434. The zero-order chi connectivity index (χ0) is 14.5. The highest BCUT2D eigenvalue weighted by Gasteiger charge is 2.28. The molecule has 0 fully saturated rings. The van der Waals surface area contributed by atoms with E-state index in [1.54, 1.807) is 12.1 Å². The molecule has 1 heterocycles. The molecule has 0 saturated heterocycles. The van der Waals surface area contributed by atoms with Gasteiger partial charge in [0, 0.05) is 20.1 Å². The number of carbonyl (C=O) groups is 1. The van der Waals surface area contributed by atoms with Gasteiger partial charge in [-0.05, 0) is 19.1 Å². The Morgan fingerprint density at radius 2 is 2.11 bits per heavy atom. The van der Waals surface area contributed by atoms with Crippen LogP contribution in [0.1, 0.15) is 23.8 Å². The maximum Gasteiger partial charge on any atom is 0.390 e. The summed E-state index contributed by atoms with van der Waals surface area (Å²) < 4.78 is 36.2. The Kier molecular flexibility index (Phi) is 5.14. The number of amides is 1. The van der Waals surface area contributed by atoms with Crippen LogP contribution < -0.4 is 5.32 Å². The average Bonchev–Trinajstić information content (AvgIpc) is 2.35. The molecule has 4 nitrogen and oxygen atoms in total. The van der Waals surface area contributed by atoms with Gasteiger partial charge in [0.2, 0.25) is 0 Å². The van der Waals surface area contributed by atoms with Crippen LogP contribution in [0.4, 0.5) is 19.0 Å². The molecule has 19 heavy (non-hydrogen) atoms. The molecule has 0 aromatic carbocycles. The maximum absolute atomic E-state index is 12.1. The molecule has 1 amide bonds. The molecule has 0 bridgehead atoms. The highest BCUT2D eigenvalue weighted by Crippen LogP contribution is 2.19. The van der Waals surface area contributed by atoms with E-state index in [9.17, 15) is 18.0 Å². The zero-order valence-electron chi connectivity index (χ0n) is 10.8. The van der Waals surface area contributed by atoms with Gasteiger partial charge in [0.25, 0.3) is 5.91 Å². The van der Waals surface area contributed by atoms with Gasteiger partial charge in [-0.2, -0.15) is 13.2 Å². The molecule has 0 unspecified atom stereocenters. The molecule has 1 N–H and O–H groups in total. The summed E-state index contributed by atoms with van der Waals surface area (Å²) in [5, 5.41) is 2.94. The molecule has 1 aromatic heterocycles. The lowest BCUT2D eigenvalue weighted by Crippen LogP contribution is -2.31. The molecule has 0 spiro atoms. The van der Waals surface area contributed by atoms with Gasteiger partial charge in [0.15, 0.2) is 0 Å². The van der Waals surface area contributed by atoms with Crippen molar-refractivity contribution in [2.45, 2.75) is 19.5 Å². The second kappa shape index (κ2) is 6.40. The van der Waals surface area contributed by atoms with E-state index in [0.29, 0.717) is 12.4 Å². The van der Waals surface area contributed by atoms with Crippen LogP contribution in [0.3, 0.4) is 0 Å². The van der Waals surface area contributed by atoms with Crippen molar-refractivity contribution in [2.24, 2.45) is 0 Å². The van der Waals surface area contributed by atoms with Gasteiger partial charge in [-0.25, -0.2) is 4.98 Å². The van der Waals surface area contributed by atoms with Crippen molar-refractivity contribution in [2.75, 3.05) is 25.5 Å². The van der Waals surface area contributed by atoms with Crippen molar-refractivity contribution in [1.82, 2.24) is 9.88 Å². The van der Waals surface area contributed by atoms with Crippen LogP contribution in [0.25, 0.3) is 0 Å². The Morgan fingerprint density at radius 1 is 1.42 bits per heavy atom. The summed E-state index contributed by atoms with van der Waals surface area (Å²) in [6.07, 6.45) is -5.30. The van der Waals surface area contributed by atoms with Gasteiger partial charge in [0.05, 0.1) is 6.42 Å². The summed E-state index contributed by atoms with van der Waals surface area (Å²) in [4.78, 5) is 17.0. The molecule has 0 aliphatic rings. The number of halogens is 3. The van der Waals surface area contributed by atoms with Crippen LogP contribution in [0, 0.1) is 0 Å². The third-order valence-electron chi connectivity index (χ3n) is 2.40. The van der Waals surface area contributed by atoms with E-state index in [4.69, 9.17) is 0 Å². The van der Waals surface area contributed by atoms with Gasteiger partial charge in [-0.1, -0.05) is 6.07 Å². The molecule has 0 atom stereocenters. The van der Waals surface area contributed by atoms with E-state index in [1.165, 1.54) is 13.1 Å². The van der Waals surface area contributed by atoms with Crippen molar-refractivity contribution in [3.05, 3.63) is 23.9 Å². The lowest BCUT2D eigenvalue weighted by molar-refractivity contribution is -0.136. The van der Waals surface area contributed by atoms with Gasteiger partial charge < -0.3 is 10.2 Å². The minimum absolute atomic E-state index is 0.128. The Balaban J connectivity index is 2.68. The van der Waals surface area contributed by atoms with Crippen molar-refractivity contribution >= 4 is 11.7 Å². The fraction of sp³-hybridized carbons (Fsp3) is 0.500. The summed E-state index contributed by atoms with van der Waals surface area (Å²) in [5.41, 5.74) is 0.128. The highest BCUT2D eigenvalue weighted by atomic mass is 19.4. The third kappa shape index (κ3) is 5.15. The minimum Gasteiger partial charge on any atom is -0.370 e. The normalized spacial score (nSPS) is 11.2. The van der Waals surface area contributed by atoms with Gasteiger partial charge in [-0.15, -0.1) is 0 Å². The molecule has 0 radical (unpaired) electrons. The van der Waals surface area contributed by atoms with Gasteiger partial charge in [-0.3, -0.25) is 4.79 Å². The van der Waals surface area contributed by atoms with Crippen LogP contribution in [-0.2, 0) is 0 Å². The number of alkyl halides is 3. The molecule has 0 aliphatic carbocycles. The highest BCUT2D eigenvalue weighted by molar-refractivity contribution is 5.92. The van der Waals surface area contributed by atoms with Crippen molar-refractivity contribution in [1.29, 1.82) is 0 Å². The standard InChI is InChI=1S/C12H16F3N3O/c1-3-16-10-6-4-5-9(17-10)11(19)18(2)8-7-12(13,14)15/h4-6H,3,7-8H2,1-2H3,(H,16,17). The van der Waals surface area contributed by atoms with Crippen LogP contribution >= 0.6 is 0 Å². The van der Waals surface area contributed by atoms with E-state index in [0.717, 1.165) is 4.90 Å². The quantitative estimate of drug-likeness (QED) is 0.898. The molecule has 1 aromatic rings. The summed E-state index contributed by atoms with van der Waals surface area (Å²) in [6, 6.07) is 4.80. The number of hydrogen-bond donors (Lipinski definition) is 1. The largest absolute Gasteiger partial charge is 0.390 e. The van der Waals surface area contributed by atoms with E-state index < -0.39 is 18.5 Å². The molecular formula is C12H16F3N3O. The second-order valence-corrected chi connectivity index (χ2v) is 4.03. The number of pyridine rings is 1. The summed E-state index contributed by atoms with van der Waals surface area (Å²) in [6.45, 7) is 2.15. The van der Waals surface area contributed by atoms with Gasteiger partial charge >= 0.3 is 6.18 Å². The zero-order valence-corrected chi connectivity index (χ0v) is 10.8. The SMILES string of the molecule is CCNc1cccc(C(=O)N(C)CCC(F)(F)F)n1. The summed E-state index contributed by atoms with van der Waals surface area (Å²) >= 11 is 0. The number of rotatable bonds is 5. The topological polar surface area (TPSA) is 45.2 Å². The Hall–Kier alpha value is -1.79. The molecular weight excluding hydrogens is 259 g/mol. The predicted molar refractivity (Wildman–Crippen MR) is 66.0 cm³/mol. The van der Waals surface area contributed by atoms with Crippen molar-refractivity contribution < 1.29 is 18.0 Å². The fourth-order valence-corrected chi connectivity index (χ4v) is 1.42. The van der Waals surface area contributed by atoms with Crippen LogP contribution in [0.5, 0.6) is 0 Å². The van der Waals surface area contributed by atoms with E-state index in [1.807, 2.05) is 6.92 Å². The first-order valence-electron chi connectivity index (χ1n) is 5.86. The van der Waals surface area contributed by atoms with Crippen molar-refractivity contribution in [3.8, 4) is 0 Å². The number of anilines is 1. The van der Waals surface area contributed by atoms with E-state index >= 15 is 0 Å². The van der Waals surface area contributed by atoms with E-state index in [2.05, 4.69) is 10.3 Å². The molecule has 0 aliphatic heterocycles. The molecule has 0 saturated carbocycles. The fourth-order valence-electron chi connectivity index (χ4n) is 1.42. The molecule has 7 heteroatoms. The number of nitrogens with zero attached hydrogens (tertiary/aromatic N) is 2. The Labute approximate surface area is 109 Å². The maximum atomic E-state index is 12.1. The number of carbonyl (C=O) groups excluding carboxylic acids is 1. The first-order valence-corrected chi connectivity index (χ1v) is 5.86. The predicted octanol–water partition coefficient (Wildman–Crippen LogP) is 2.54. The van der Waals surface area contributed by atoms with E-state index in [-0.39, 0.29) is 12.2 Å². The van der Waals surface area contributed by atoms with Crippen LogP contribution in [0.15, 0.2) is 18.2 Å². The number of aromatic nitrogens is 1. The second-order valence-electron chi connectivity index (χ2n) is 4.03. The lowest BCUT2D eigenvalue weighted by atomic mass is 10.3. The summed E-state index contributed by atoms with van der Waals surface area (Å²) in [5.74, 6) is 0.00146. The smallest absolute Gasteiger partial charge is 0.370 e. The lowest BCUT2D eigenvalue weighted by Gasteiger charge is -2.18. The molecule has 106 valence electrons. The van der Waals surface area contributed by atoms with Gasteiger partial charge in [0.1, 0.15) is 11.5 Å².